The summed E-state index contributed by atoms with van der Waals surface area (Å²) >= 11 is 0. The van der Waals surface area contributed by atoms with Crippen LogP contribution in [0.2, 0.25) is 0 Å². The van der Waals surface area contributed by atoms with Crippen molar-refractivity contribution in [2.24, 2.45) is 17.8 Å². The summed E-state index contributed by atoms with van der Waals surface area (Å²) in [6.07, 6.45) is 15.0. The maximum atomic E-state index is 13.6. The van der Waals surface area contributed by atoms with Crippen molar-refractivity contribution in [2.75, 3.05) is 34.4 Å². The van der Waals surface area contributed by atoms with Crippen LogP contribution in [0.15, 0.2) is 36.5 Å². The number of hydrogen-bond acceptors (Lipinski definition) is 5. The SMILES string of the molecule is CC[C@H](C)[C@@H]([C@@H](CC(=O)N1CCC[C@H]1[C@H](OC)[C@@H](C)C(=O)NCCC1C=CC=CC=C1)OC)N(C)C(C)=O. The molecule has 214 valence electrons. The Hall–Kier alpha value is -2.45. The molecule has 0 aromatic heterocycles. The van der Waals surface area contributed by atoms with Crippen molar-refractivity contribution in [3.05, 3.63) is 36.5 Å². The summed E-state index contributed by atoms with van der Waals surface area (Å²) in [5, 5.41) is 3.06. The first kappa shape index (κ1) is 31.8. The Balaban J connectivity index is 2.04. The number of nitrogens with one attached hydrogen (secondary N) is 1. The molecule has 2 aliphatic rings. The van der Waals surface area contributed by atoms with E-state index in [-0.39, 0.29) is 48.1 Å². The van der Waals surface area contributed by atoms with Gasteiger partial charge in [0.1, 0.15) is 0 Å². The molecular formula is C30H49N3O5. The number of methoxy groups -OCH3 is 2. The first-order valence-corrected chi connectivity index (χ1v) is 14.0. The summed E-state index contributed by atoms with van der Waals surface area (Å²) in [6.45, 7) is 8.77. The summed E-state index contributed by atoms with van der Waals surface area (Å²) in [5.41, 5.74) is 0. The molecule has 0 bridgehead atoms. The number of likely N-dealkylation sites (N-methyl/N-ethyl adjacent to an activating group) is 1. The number of nitrogens with zero attached hydrogens (tertiary/aromatic N) is 2. The van der Waals surface area contributed by atoms with E-state index >= 15 is 0 Å². The third-order valence-electron chi connectivity index (χ3n) is 8.23. The number of carbonyl (C=O) groups is 3. The largest absolute Gasteiger partial charge is 0.379 e. The molecule has 8 heteroatoms. The molecule has 8 nitrogen and oxygen atoms in total. The molecule has 6 atom stereocenters. The Bertz CT molecular complexity index is 854. The number of allylic oxidation sites excluding steroid dienone is 6. The zero-order valence-corrected chi connectivity index (χ0v) is 24.4. The molecule has 1 heterocycles. The molecule has 0 saturated carbocycles. The molecule has 1 N–H and O–H groups in total. The van der Waals surface area contributed by atoms with E-state index in [2.05, 4.69) is 31.3 Å². The van der Waals surface area contributed by atoms with Gasteiger partial charge in [-0.15, -0.1) is 0 Å². The van der Waals surface area contributed by atoms with Crippen LogP contribution in [0.25, 0.3) is 0 Å². The highest BCUT2D eigenvalue weighted by Gasteiger charge is 2.41. The van der Waals surface area contributed by atoms with Crippen LogP contribution < -0.4 is 5.32 Å². The predicted octanol–water partition coefficient (Wildman–Crippen LogP) is 3.73. The van der Waals surface area contributed by atoms with E-state index in [9.17, 15) is 14.4 Å². The Morgan fingerprint density at radius 3 is 2.29 bits per heavy atom. The molecule has 1 fully saturated rings. The van der Waals surface area contributed by atoms with Crippen LogP contribution in [0.5, 0.6) is 0 Å². The van der Waals surface area contributed by atoms with Crippen molar-refractivity contribution >= 4 is 17.7 Å². The normalized spacial score (nSPS) is 21.4. The van der Waals surface area contributed by atoms with Crippen molar-refractivity contribution in [3.63, 3.8) is 0 Å². The fourth-order valence-corrected chi connectivity index (χ4v) is 5.69. The molecule has 1 saturated heterocycles. The van der Waals surface area contributed by atoms with Gasteiger partial charge in [-0.05, 0) is 31.1 Å². The average molecular weight is 532 g/mol. The van der Waals surface area contributed by atoms with E-state index in [4.69, 9.17) is 9.47 Å². The molecule has 2 rings (SSSR count). The third-order valence-corrected chi connectivity index (χ3v) is 8.23. The summed E-state index contributed by atoms with van der Waals surface area (Å²) in [4.78, 5) is 42.4. The minimum atomic E-state index is -0.420. The lowest BCUT2D eigenvalue weighted by Crippen LogP contribution is -2.53. The number of amides is 3. The van der Waals surface area contributed by atoms with Crippen LogP contribution in [0.3, 0.4) is 0 Å². The zero-order valence-electron chi connectivity index (χ0n) is 24.4. The minimum Gasteiger partial charge on any atom is -0.379 e. The first-order chi connectivity index (χ1) is 18.2. The number of carbonyl (C=O) groups excluding carboxylic acids is 3. The van der Waals surface area contributed by atoms with Gasteiger partial charge in [0.15, 0.2) is 0 Å². The lowest BCUT2D eigenvalue weighted by molar-refractivity contribution is -0.145. The molecule has 1 aliphatic heterocycles. The van der Waals surface area contributed by atoms with Gasteiger partial charge < -0.3 is 24.6 Å². The zero-order chi connectivity index (χ0) is 28.2. The van der Waals surface area contributed by atoms with Crippen molar-refractivity contribution in [2.45, 2.75) is 84.1 Å². The van der Waals surface area contributed by atoms with Crippen LogP contribution in [0, 0.1) is 17.8 Å². The molecule has 0 radical (unpaired) electrons. The smallest absolute Gasteiger partial charge is 0.225 e. The second-order valence-corrected chi connectivity index (χ2v) is 10.7. The Labute approximate surface area is 229 Å². The van der Waals surface area contributed by atoms with Crippen LogP contribution in [-0.2, 0) is 23.9 Å². The molecule has 0 aromatic carbocycles. The molecule has 3 amide bonds. The maximum absolute atomic E-state index is 13.6. The van der Waals surface area contributed by atoms with Gasteiger partial charge in [0.2, 0.25) is 17.7 Å². The second kappa shape index (κ2) is 15.8. The van der Waals surface area contributed by atoms with E-state index in [1.807, 2.05) is 36.1 Å². The van der Waals surface area contributed by atoms with Crippen LogP contribution in [0.1, 0.15) is 59.8 Å². The number of likely N-dealkylation sites (tertiary alicyclic amines) is 1. The average Bonchev–Trinajstić information content (AvgIpc) is 3.24. The van der Waals surface area contributed by atoms with Gasteiger partial charge in [0, 0.05) is 41.3 Å². The van der Waals surface area contributed by atoms with Gasteiger partial charge in [-0.2, -0.15) is 0 Å². The van der Waals surface area contributed by atoms with E-state index in [1.165, 1.54) is 6.92 Å². The lowest BCUT2D eigenvalue weighted by atomic mass is 9.90. The number of rotatable bonds is 14. The maximum Gasteiger partial charge on any atom is 0.225 e. The van der Waals surface area contributed by atoms with Crippen molar-refractivity contribution < 1.29 is 23.9 Å². The van der Waals surface area contributed by atoms with Crippen molar-refractivity contribution in [1.82, 2.24) is 15.1 Å². The van der Waals surface area contributed by atoms with Crippen molar-refractivity contribution in [1.29, 1.82) is 0 Å². The topological polar surface area (TPSA) is 88.2 Å². The number of hydrogen-bond donors (Lipinski definition) is 1. The van der Waals surface area contributed by atoms with Gasteiger partial charge in [-0.1, -0.05) is 63.6 Å². The Kier molecular flexibility index (Phi) is 13.2. The number of ether oxygens (including phenoxy) is 2. The third kappa shape index (κ3) is 8.53. The van der Waals surface area contributed by atoms with Crippen LogP contribution >= 0.6 is 0 Å². The van der Waals surface area contributed by atoms with E-state index < -0.39 is 18.1 Å². The van der Waals surface area contributed by atoms with Gasteiger partial charge in [0.05, 0.1) is 36.6 Å². The highest BCUT2D eigenvalue weighted by molar-refractivity contribution is 5.80. The minimum absolute atomic E-state index is 0.0280. The van der Waals surface area contributed by atoms with Crippen LogP contribution in [-0.4, -0.2) is 86.2 Å². The quantitative estimate of drug-likeness (QED) is 0.369. The fourth-order valence-electron chi connectivity index (χ4n) is 5.69. The lowest BCUT2D eigenvalue weighted by Gasteiger charge is -2.39. The monoisotopic (exact) mass is 531 g/mol. The fraction of sp³-hybridized carbons (Fsp3) is 0.700. The molecule has 38 heavy (non-hydrogen) atoms. The van der Waals surface area contributed by atoms with Crippen molar-refractivity contribution in [3.8, 4) is 0 Å². The Morgan fingerprint density at radius 1 is 1.08 bits per heavy atom. The van der Waals surface area contributed by atoms with Crippen LogP contribution in [0.4, 0.5) is 0 Å². The summed E-state index contributed by atoms with van der Waals surface area (Å²) in [6, 6.07) is -0.388. The summed E-state index contributed by atoms with van der Waals surface area (Å²) in [5.74, 6) is -0.0880. The molecular weight excluding hydrogens is 482 g/mol. The highest BCUT2D eigenvalue weighted by atomic mass is 16.5. The molecule has 0 spiro atoms. The van der Waals surface area contributed by atoms with E-state index in [0.29, 0.717) is 13.1 Å². The molecule has 0 aromatic rings. The summed E-state index contributed by atoms with van der Waals surface area (Å²) in [7, 11) is 4.99. The summed E-state index contributed by atoms with van der Waals surface area (Å²) < 4.78 is 11.6. The Morgan fingerprint density at radius 2 is 1.74 bits per heavy atom. The molecule has 0 unspecified atom stereocenters. The predicted molar refractivity (Wildman–Crippen MR) is 150 cm³/mol. The highest BCUT2D eigenvalue weighted by Crippen LogP contribution is 2.29. The van der Waals surface area contributed by atoms with Gasteiger partial charge in [0.25, 0.3) is 0 Å². The second-order valence-electron chi connectivity index (χ2n) is 10.7. The first-order valence-electron chi connectivity index (χ1n) is 14.0. The van der Waals surface area contributed by atoms with E-state index in [0.717, 1.165) is 25.7 Å². The van der Waals surface area contributed by atoms with Gasteiger partial charge in [-0.3, -0.25) is 14.4 Å². The van der Waals surface area contributed by atoms with Gasteiger partial charge in [-0.25, -0.2) is 0 Å². The van der Waals surface area contributed by atoms with E-state index in [1.54, 1.807) is 26.2 Å². The standard InChI is InChI=1S/C30H49N3O5/c1-8-21(2)28(32(5)23(4)34)26(37-6)20-27(35)33-19-13-16-25(33)29(38-7)22(3)30(36)31-18-17-24-14-11-9-10-12-15-24/h9-12,14-15,21-22,24-26,28-29H,8,13,16-20H2,1-7H3,(H,31,36)/t21-,22+,25-,26+,28-,29+/m0/s1. The molecule has 1 aliphatic carbocycles. The van der Waals surface area contributed by atoms with Gasteiger partial charge >= 0.3 is 0 Å².